The van der Waals surface area contributed by atoms with Crippen LogP contribution in [0.4, 0.5) is 0 Å². The van der Waals surface area contributed by atoms with Crippen LogP contribution in [0.25, 0.3) is 5.57 Å². The second kappa shape index (κ2) is 8.82. The van der Waals surface area contributed by atoms with Crippen LogP contribution in [0.1, 0.15) is 50.9 Å². The van der Waals surface area contributed by atoms with Gasteiger partial charge in [-0.05, 0) is 44.0 Å². The summed E-state index contributed by atoms with van der Waals surface area (Å²) in [6.45, 7) is 10.7. The van der Waals surface area contributed by atoms with Gasteiger partial charge in [-0.2, -0.15) is 5.26 Å². The fraction of sp³-hybridized carbons (Fsp3) is 0.591. The van der Waals surface area contributed by atoms with Gasteiger partial charge in [-0.1, -0.05) is 31.2 Å². The lowest BCUT2D eigenvalue weighted by atomic mass is 9.96. The number of nitriles is 1. The van der Waals surface area contributed by atoms with E-state index in [0.29, 0.717) is 0 Å². The van der Waals surface area contributed by atoms with E-state index in [9.17, 15) is 0 Å². The molecule has 144 valence electrons. The molecule has 1 aromatic rings. The largest absolute Gasteiger partial charge is 0.373 e. The number of ether oxygens (including phenoxy) is 1. The van der Waals surface area contributed by atoms with Gasteiger partial charge in [-0.3, -0.25) is 15.2 Å². The second-order valence-corrected chi connectivity index (χ2v) is 8.04. The van der Waals surface area contributed by atoms with Crippen molar-refractivity contribution in [2.45, 2.75) is 52.0 Å². The first-order chi connectivity index (χ1) is 13.0. The first kappa shape index (κ1) is 19.8. The molecule has 0 saturated carbocycles. The number of piperidine rings is 1. The molecule has 0 amide bonds. The zero-order chi connectivity index (χ0) is 19.4. The third-order valence-corrected chi connectivity index (χ3v) is 5.69. The molecule has 3 rings (SSSR count). The maximum absolute atomic E-state index is 9.15. The summed E-state index contributed by atoms with van der Waals surface area (Å²) in [5.41, 5.74) is 2.28. The molecule has 2 heterocycles. The Balaban J connectivity index is 1.89. The van der Waals surface area contributed by atoms with Gasteiger partial charge in [0.2, 0.25) is 0 Å². The molecule has 2 aliphatic rings. The highest BCUT2D eigenvalue weighted by molar-refractivity contribution is 5.96. The molecule has 0 radical (unpaired) electrons. The van der Waals surface area contributed by atoms with Crippen LogP contribution in [-0.4, -0.2) is 54.1 Å². The van der Waals surface area contributed by atoms with Crippen LogP contribution in [0.2, 0.25) is 0 Å². The predicted octanol–water partition coefficient (Wildman–Crippen LogP) is 3.68. The number of benzene rings is 1. The molecule has 5 heteroatoms. The van der Waals surface area contributed by atoms with Crippen LogP contribution >= 0.6 is 0 Å². The van der Waals surface area contributed by atoms with E-state index in [1.165, 1.54) is 18.4 Å². The number of nitrogens with zero attached hydrogens (tertiary/aromatic N) is 3. The van der Waals surface area contributed by atoms with Crippen molar-refractivity contribution < 1.29 is 4.74 Å². The molecular formula is C22H30N4O. The molecule has 3 unspecified atom stereocenters. The SMILES string of the molecule is CC1CCN(C(c2ccc(C(=C=N)C#N)cc2)N2CC(C)OC(C)C2)CC1. The predicted molar refractivity (Wildman–Crippen MR) is 107 cm³/mol. The van der Waals surface area contributed by atoms with Gasteiger partial charge in [-0.25, -0.2) is 0 Å². The summed E-state index contributed by atoms with van der Waals surface area (Å²) in [6.07, 6.45) is 3.16. The van der Waals surface area contributed by atoms with Gasteiger partial charge < -0.3 is 4.74 Å². The topological polar surface area (TPSA) is 63.4 Å². The zero-order valence-corrected chi connectivity index (χ0v) is 16.6. The lowest BCUT2D eigenvalue weighted by molar-refractivity contribution is -0.109. The Hall–Kier alpha value is -1.96. The summed E-state index contributed by atoms with van der Waals surface area (Å²) in [6, 6.07) is 10.2. The van der Waals surface area contributed by atoms with Crippen LogP contribution in [0, 0.1) is 22.7 Å². The van der Waals surface area contributed by atoms with Gasteiger partial charge >= 0.3 is 0 Å². The molecule has 0 spiro atoms. The summed E-state index contributed by atoms with van der Waals surface area (Å²) >= 11 is 0. The smallest absolute Gasteiger partial charge is 0.120 e. The van der Waals surface area contributed by atoms with Gasteiger partial charge in [0.05, 0.1) is 18.4 Å². The molecule has 0 aliphatic carbocycles. The maximum Gasteiger partial charge on any atom is 0.120 e. The summed E-state index contributed by atoms with van der Waals surface area (Å²) in [7, 11) is 0. The van der Waals surface area contributed by atoms with Crippen LogP contribution < -0.4 is 0 Å². The van der Waals surface area contributed by atoms with Crippen molar-refractivity contribution in [1.82, 2.24) is 9.80 Å². The molecule has 1 N–H and O–H groups in total. The van der Waals surface area contributed by atoms with E-state index in [-0.39, 0.29) is 23.9 Å². The van der Waals surface area contributed by atoms with Crippen molar-refractivity contribution in [2.24, 2.45) is 5.92 Å². The Morgan fingerprint density at radius 3 is 2.19 bits per heavy atom. The molecular weight excluding hydrogens is 336 g/mol. The average molecular weight is 367 g/mol. The second-order valence-electron chi connectivity index (χ2n) is 8.04. The minimum absolute atomic E-state index is 0.227. The van der Waals surface area contributed by atoms with Crippen LogP contribution in [-0.2, 0) is 4.74 Å². The molecule has 2 aliphatic heterocycles. The molecule has 0 aromatic heterocycles. The fourth-order valence-electron chi connectivity index (χ4n) is 4.33. The van der Waals surface area contributed by atoms with E-state index in [4.69, 9.17) is 15.4 Å². The van der Waals surface area contributed by atoms with Crippen molar-refractivity contribution in [3.8, 4) is 6.07 Å². The van der Waals surface area contributed by atoms with E-state index in [0.717, 1.165) is 37.7 Å². The van der Waals surface area contributed by atoms with E-state index < -0.39 is 0 Å². The lowest BCUT2D eigenvalue weighted by Gasteiger charge is -2.46. The summed E-state index contributed by atoms with van der Waals surface area (Å²) in [5.74, 6) is 3.02. The van der Waals surface area contributed by atoms with Crippen molar-refractivity contribution in [3.05, 3.63) is 35.4 Å². The van der Waals surface area contributed by atoms with Gasteiger partial charge in [-0.15, -0.1) is 0 Å². The Morgan fingerprint density at radius 1 is 1.07 bits per heavy atom. The molecule has 5 nitrogen and oxygen atoms in total. The molecule has 3 atom stereocenters. The highest BCUT2D eigenvalue weighted by Gasteiger charge is 2.34. The van der Waals surface area contributed by atoms with Crippen molar-refractivity contribution in [2.75, 3.05) is 26.2 Å². The summed E-state index contributed by atoms with van der Waals surface area (Å²) in [4.78, 5) is 5.14. The Bertz CT molecular complexity index is 714. The zero-order valence-electron chi connectivity index (χ0n) is 16.6. The van der Waals surface area contributed by atoms with E-state index in [1.807, 2.05) is 18.2 Å². The van der Waals surface area contributed by atoms with Crippen molar-refractivity contribution in [3.63, 3.8) is 0 Å². The van der Waals surface area contributed by atoms with Gasteiger partial charge in [0.1, 0.15) is 11.6 Å². The van der Waals surface area contributed by atoms with Crippen LogP contribution in [0.3, 0.4) is 0 Å². The lowest BCUT2D eigenvalue weighted by Crippen LogP contribution is -2.52. The van der Waals surface area contributed by atoms with Crippen molar-refractivity contribution >= 4 is 11.4 Å². The molecule has 27 heavy (non-hydrogen) atoms. The number of morpholine rings is 1. The number of hydrogen-bond donors (Lipinski definition) is 1. The number of rotatable bonds is 4. The quantitative estimate of drug-likeness (QED) is 0.652. The molecule has 2 fully saturated rings. The standard InChI is InChI=1S/C22H30N4O/c1-16-8-10-25(11-9-16)22(26-14-17(2)27-18(3)15-26)20-6-4-19(5-7-20)21(12-23)13-24/h4-7,16-18,22-23H,8-11,14-15H2,1-3H3. The summed E-state index contributed by atoms with van der Waals surface area (Å²) in [5, 5.41) is 16.4. The summed E-state index contributed by atoms with van der Waals surface area (Å²) < 4.78 is 5.96. The minimum atomic E-state index is 0.227. The van der Waals surface area contributed by atoms with E-state index in [1.54, 1.807) is 0 Å². The molecule has 1 aromatic carbocycles. The van der Waals surface area contributed by atoms with Crippen LogP contribution in [0.15, 0.2) is 24.3 Å². The Kier molecular flexibility index (Phi) is 6.46. The third kappa shape index (κ3) is 4.66. The number of likely N-dealkylation sites (tertiary alicyclic amines) is 1. The Labute approximate surface area is 162 Å². The Morgan fingerprint density at radius 2 is 1.67 bits per heavy atom. The molecule has 2 saturated heterocycles. The number of hydrogen-bond acceptors (Lipinski definition) is 5. The average Bonchev–Trinajstić information content (AvgIpc) is 2.65. The van der Waals surface area contributed by atoms with Gasteiger partial charge in [0.15, 0.2) is 0 Å². The highest BCUT2D eigenvalue weighted by Crippen LogP contribution is 2.32. The van der Waals surface area contributed by atoms with Crippen molar-refractivity contribution in [1.29, 1.82) is 10.7 Å². The normalized spacial score (nSPS) is 26.1. The fourth-order valence-corrected chi connectivity index (χ4v) is 4.33. The minimum Gasteiger partial charge on any atom is -0.373 e. The highest BCUT2D eigenvalue weighted by atomic mass is 16.5. The number of nitrogens with one attached hydrogen (secondary N) is 1. The maximum atomic E-state index is 9.15. The van der Waals surface area contributed by atoms with Crippen LogP contribution in [0.5, 0.6) is 0 Å². The van der Waals surface area contributed by atoms with Gasteiger partial charge in [0.25, 0.3) is 0 Å². The third-order valence-electron chi connectivity index (χ3n) is 5.69. The van der Waals surface area contributed by atoms with E-state index >= 15 is 0 Å². The van der Waals surface area contributed by atoms with E-state index in [2.05, 4.69) is 48.6 Å². The monoisotopic (exact) mass is 366 g/mol. The first-order valence-electron chi connectivity index (χ1n) is 9.95. The molecule has 0 bridgehead atoms. The van der Waals surface area contributed by atoms with Gasteiger partial charge in [0, 0.05) is 31.7 Å². The first-order valence-corrected chi connectivity index (χ1v) is 9.95. The number of allylic oxidation sites excluding steroid dienone is 1.